The SMILES string of the molecule is CC(c1ccc(Br)s1)N1CCC(CCC(=O)O)CC1. The number of hydrogen-bond donors (Lipinski definition) is 1. The van der Waals surface area contributed by atoms with Crippen LogP contribution in [-0.4, -0.2) is 29.1 Å². The monoisotopic (exact) mass is 345 g/mol. The average molecular weight is 346 g/mol. The van der Waals surface area contributed by atoms with Gasteiger partial charge < -0.3 is 5.11 Å². The molecule has 106 valence electrons. The van der Waals surface area contributed by atoms with Crippen molar-refractivity contribution in [2.24, 2.45) is 5.92 Å². The predicted octanol–water partition coefficient (Wildman–Crippen LogP) is 4.15. The Labute approximate surface area is 126 Å². The molecule has 1 saturated heterocycles. The molecule has 1 aromatic heterocycles. The molecule has 1 aliphatic heterocycles. The molecule has 1 fully saturated rings. The summed E-state index contributed by atoms with van der Waals surface area (Å²) in [6, 6.07) is 4.77. The number of carbonyl (C=O) groups is 1. The van der Waals surface area contributed by atoms with Crippen molar-refractivity contribution in [2.45, 2.75) is 38.6 Å². The minimum Gasteiger partial charge on any atom is -0.481 e. The molecule has 1 aromatic rings. The Balaban J connectivity index is 1.81. The lowest BCUT2D eigenvalue weighted by molar-refractivity contribution is -0.137. The van der Waals surface area contributed by atoms with Crippen LogP contribution in [0.1, 0.15) is 43.5 Å². The highest BCUT2D eigenvalue weighted by molar-refractivity contribution is 9.11. The molecule has 2 heterocycles. The third kappa shape index (κ3) is 4.29. The molecule has 1 atom stereocenters. The molecule has 1 N–H and O–H groups in total. The molecule has 2 rings (SSSR count). The predicted molar refractivity (Wildman–Crippen MR) is 81.6 cm³/mol. The Kier molecular flexibility index (Phi) is 5.42. The van der Waals surface area contributed by atoms with Crippen LogP contribution in [0.4, 0.5) is 0 Å². The Morgan fingerprint density at radius 3 is 2.74 bits per heavy atom. The zero-order chi connectivity index (χ0) is 13.8. The number of thiophene rings is 1. The van der Waals surface area contributed by atoms with Crippen molar-refractivity contribution < 1.29 is 9.90 Å². The first-order chi connectivity index (χ1) is 9.06. The summed E-state index contributed by atoms with van der Waals surface area (Å²) < 4.78 is 1.19. The quantitative estimate of drug-likeness (QED) is 0.871. The number of likely N-dealkylation sites (tertiary alicyclic amines) is 1. The average Bonchev–Trinajstić information content (AvgIpc) is 2.83. The molecule has 0 bridgehead atoms. The van der Waals surface area contributed by atoms with Crippen LogP contribution in [0.2, 0.25) is 0 Å². The summed E-state index contributed by atoms with van der Waals surface area (Å²) in [6.45, 7) is 4.43. The summed E-state index contributed by atoms with van der Waals surface area (Å²) in [4.78, 5) is 14.5. The van der Waals surface area contributed by atoms with E-state index >= 15 is 0 Å². The summed E-state index contributed by atoms with van der Waals surface area (Å²) in [5.41, 5.74) is 0. The second-order valence-corrected chi connectivity index (χ2v) is 7.72. The number of hydrogen-bond acceptors (Lipinski definition) is 3. The number of aliphatic carboxylic acids is 1. The summed E-state index contributed by atoms with van der Waals surface area (Å²) in [6.07, 6.45) is 3.41. The minimum atomic E-state index is -0.667. The normalized spacial score (nSPS) is 19.5. The largest absolute Gasteiger partial charge is 0.481 e. The summed E-state index contributed by atoms with van der Waals surface area (Å²) in [7, 11) is 0. The van der Waals surface area contributed by atoms with Crippen LogP contribution in [-0.2, 0) is 4.79 Å². The standard InChI is InChI=1S/C14H20BrNO2S/c1-10(12-3-4-13(15)19-12)16-8-6-11(7-9-16)2-5-14(17)18/h3-4,10-11H,2,5-9H2,1H3,(H,17,18). The number of piperidine rings is 1. The van der Waals surface area contributed by atoms with Crippen LogP contribution in [0.5, 0.6) is 0 Å². The van der Waals surface area contributed by atoms with Gasteiger partial charge in [-0.2, -0.15) is 0 Å². The van der Waals surface area contributed by atoms with Crippen molar-refractivity contribution in [3.63, 3.8) is 0 Å². The van der Waals surface area contributed by atoms with E-state index in [-0.39, 0.29) is 0 Å². The Morgan fingerprint density at radius 2 is 2.21 bits per heavy atom. The van der Waals surface area contributed by atoms with Gasteiger partial charge in [-0.05, 0) is 73.3 Å². The molecule has 0 aliphatic carbocycles. The Morgan fingerprint density at radius 1 is 1.53 bits per heavy atom. The first-order valence-electron chi connectivity index (χ1n) is 6.77. The van der Waals surface area contributed by atoms with E-state index in [9.17, 15) is 4.79 Å². The maximum atomic E-state index is 10.6. The molecule has 0 radical (unpaired) electrons. The molecular formula is C14H20BrNO2S. The number of halogens is 1. The van der Waals surface area contributed by atoms with Crippen LogP contribution in [0.25, 0.3) is 0 Å². The van der Waals surface area contributed by atoms with Crippen LogP contribution < -0.4 is 0 Å². The van der Waals surface area contributed by atoms with E-state index in [2.05, 4.69) is 39.9 Å². The first-order valence-corrected chi connectivity index (χ1v) is 8.38. The van der Waals surface area contributed by atoms with Crippen LogP contribution >= 0.6 is 27.3 Å². The minimum absolute atomic E-state index is 0.318. The number of nitrogens with zero attached hydrogens (tertiary/aromatic N) is 1. The second kappa shape index (κ2) is 6.86. The molecule has 5 heteroatoms. The number of carboxylic acid groups (broad SMARTS) is 1. The van der Waals surface area contributed by atoms with E-state index < -0.39 is 5.97 Å². The maximum absolute atomic E-state index is 10.6. The van der Waals surface area contributed by atoms with Gasteiger partial charge in [0.15, 0.2) is 0 Å². The van der Waals surface area contributed by atoms with E-state index in [0.29, 0.717) is 18.4 Å². The Hall–Kier alpha value is -0.390. The van der Waals surface area contributed by atoms with Crippen molar-refractivity contribution in [1.29, 1.82) is 0 Å². The molecule has 0 saturated carbocycles. The van der Waals surface area contributed by atoms with E-state index in [1.54, 1.807) is 11.3 Å². The van der Waals surface area contributed by atoms with E-state index in [4.69, 9.17) is 5.11 Å². The van der Waals surface area contributed by atoms with Gasteiger partial charge in [0, 0.05) is 17.3 Å². The van der Waals surface area contributed by atoms with Crippen LogP contribution in [0.15, 0.2) is 15.9 Å². The van der Waals surface area contributed by atoms with E-state index in [1.165, 1.54) is 8.66 Å². The smallest absolute Gasteiger partial charge is 0.303 e. The highest BCUT2D eigenvalue weighted by Gasteiger charge is 2.24. The third-order valence-electron chi connectivity index (χ3n) is 3.97. The van der Waals surface area contributed by atoms with Gasteiger partial charge in [-0.1, -0.05) is 0 Å². The lowest BCUT2D eigenvalue weighted by Gasteiger charge is -2.35. The van der Waals surface area contributed by atoms with Gasteiger partial charge in [0.1, 0.15) is 0 Å². The highest BCUT2D eigenvalue weighted by Crippen LogP contribution is 2.33. The van der Waals surface area contributed by atoms with Gasteiger partial charge in [-0.25, -0.2) is 0 Å². The second-order valence-electron chi connectivity index (χ2n) is 5.23. The lowest BCUT2D eigenvalue weighted by atomic mass is 9.91. The van der Waals surface area contributed by atoms with Gasteiger partial charge in [0.2, 0.25) is 0 Å². The number of carboxylic acids is 1. The zero-order valence-electron chi connectivity index (χ0n) is 11.1. The number of rotatable bonds is 5. The lowest BCUT2D eigenvalue weighted by Crippen LogP contribution is -2.35. The fourth-order valence-electron chi connectivity index (χ4n) is 2.69. The molecular weight excluding hydrogens is 326 g/mol. The van der Waals surface area contributed by atoms with E-state index in [0.717, 1.165) is 32.4 Å². The van der Waals surface area contributed by atoms with Crippen molar-refractivity contribution in [3.8, 4) is 0 Å². The van der Waals surface area contributed by atoms with Gasteiger partial charge in [0.05, 0.1) is 3.79 Å². The van der Waals surface area contributed by atoms with Gasteiger partial charge >= 0.3 is 5.97 Å². The van der Waals surface area contributed by atoms with Crippen molar-refractivity contribution in [1.82, 2.24) is 4.90 Å². The van der Waals surface area contributed by atoms with Crippen molar-refractivity contribution in [2.75, 3.05) is 13.1 Å². The van der Waals surface area contributed by atoms with Crippen molar-refractivity contribution >= 4 is 33.2 Å². The van der Waals surface area contributed by atoms with Crippen molar-refractivity contribution in [3.05, 3.63) is 20.8 Å². The third-order valence-corrected chi connectivity index (χ3v) is 5.76. The molecule has 3 nitrogen and oxygen atoms in total. The molecule has 0 spiro atoms. The fraction of sp³-hybridized carbons (Fsp3) is 0.643. The van der Waals surface area contributed by atoms with Gasteiger partial charge in [0.25, 0.3) is 0 Å². The van der Waals surface area contributed by atoms with Gasteiger partial charge in [-0.15, -0.1) is 11.3 Å². The summed E-state index contributed by atoms with van der Waals surface area (Å²) in [5.74, 6) is -0.0751. The summed E-state index contributed by atoms with van der Waals surface area (Å²) in [5, 5.41) is 8.72. The van der Waals surface area contributed by atoms with Crippen LogP contribution in [0.3, 0.4) is 0 Å². The molecule has 1 aliphatic rings. The molecule has 0 amide bonds. The Bertz CT molecular complexity index is 427. The molecule has 19 heavy (non-hydrogen) atoms. The summed E-state index contributed by atoms with van der Waals surface area (Å²) >= 11 is 5.31. The molecule has 1 unspecified atom stereocenters. The first kappa shape index (κ1) is 15.0. The topological polar surface area (TPSA) is 40.5 Å². The van der Waals surface area contributed by atoms with Gasteiger partial charge in [-0.3, -0.25) is 9.69 Å². The molecule has 0 aromatic carbocycles. The van der Waals surface area contributed by atoms with Crippen LogP contribution in [0, 0.1) is 5.92 Å². The maximum Gasteiger partial charge on any atom is 0.303 e. The zero-order valence-corrected chi connectivity index (χ0v) is 13.5. The fourth-order valence-corrected chi connectivity index (χ4v) is 4.20. The highest BCUT2D eigenvalue weighted by atomic mass is 79.9. The van der Waals surface area contributed by atoms with E-state index in [1.807, 2.05) is 0 Å².